The average molecular weight is 430 g/mol. The Balaban J connectivity index is 1.62. The van der Waals surface area contributed by atoms with Gasteiger partial charge in [-0.1, -0.05) is 6.07 Å². The van der Waals surface area contributed by atoms with E-state index in [9.17, 15) is 14.4 Å². The second-order valence-electron chi connectivity index (χ2n) is 6.57. The van der Waals surface area contributed by atoms with Crippen molar-refractivity contribution in [3.05, 3.63) is 54.4 Å². The molecule has 1 saturated carbocycles. The van der Waals surface area contributed by atoms with E-state index in [4.69, 9.17) is 14.8 Å². The van der Waals surface area contributed by atoms with E-state index in [2.05, 4.69) is 21.1 Å². The Morgan fingerprint density at radius 3 is 2.74 bits per heavy atom. The molecule has 12 nitrogen and oxygen atoms in total. The summed E-state index contributed by atoms with van der Waals surface area (Å²) >= 11 is 0. The number of nitrogens with zero attached hydrogens (tertiary/aromatic N) is 1. The van der Waals surface area contributed by atoms with E-state index >= 15 is 0 Å². The zero-order chi connectivity index (χ0) is 22.1. The standard InChI is InChI=1S/C19H22N6O6/c26-16(23-25-29)11-30-15-5-1-4-14(9-15)22-19(18(28)21-13-6-7-13)31-24-17(27)12-3-2-8-20-10-12/h1-5,8-10,13,19,22,25,29H,6-7,11H2,(H,21,28)(H,23,26)(H,24,27). The molecule has 1 fully saturated rings. The van der Waals surface area contributed by atoms with Crippen LogP contribution in [0.3, 0.4) is 0 Å². The Labute approximate surface area is 177 Å². The third-order valence-corrected chi connectivity index (χ3v) is 4.05. The van der Waals surface area contributed by atoms with Crippen LogP contribution in [0.1, 0.15) is 23.2 Å². The van der Waals surface area contributed by atoms with Crippen molar-refractivity contribution in [2.24, 2.45) is 0 Å². The van der Waals surface area contributed by atoms with Crippen LogP contribution in [0.25, 0.3) is 0 Å². The molecule has 2 aromatic rings. The molecule has 1 unspecified atom stereocenters. The molecule has 0 radical (unpaired) electrons. The number of hydrogen-bond donors (Lipinski definition) is 6. The first kappa shape index (κ1) is 22.0. The zero-order valence-electron chi connectivity index (χ0n) is 16.3. The lowest BCUT2D eigenvalue weighted by Crippen LogP contribution is -2.46. The molecule has 164 valence electrons. The SMILES string of the molecule is O=C(COc1cccc(NC(ONC(=O)c2cccnc2)C(=O)NC2CC2)c1)NNO. The highest BCUT2D eigenvalue weighted by atomic mass is 16.7. The van der Waals surface area contributed by atoms with Crippen molar-refractivity contribution in [2.75, 3.05) is 11.9 Å². The van der Waals surface area contributed by atoms with E-state index < -0.39 is 23.9 Å². The maximum atomic E-state index is 12.5. The topological polar surface area (TPSA) is 163 Å². The molecule has 1 atom stereocenters. The van der Waals surface area contributed by atoms with Crippen LogP contribution in [0.2, 0.25) is 0 Å². The minimum Gasteiger partial charge on any atom is -0.484 e. The van der Waals surface area contributed by atoms with Crippen molar-refractivity contribution in [1.29, 1.82) is 0 Å². The highest BCUT2D eigenvalue weighted by molar-refractivity contribution is 5.93. The van der Waals surface area contributed by atoms with Gasteiger partial charge in [0, 0.05) is 30.2 Å². The van der Waals surface area contributed by atoms with Gasteiger partial charge in [0.15, 0.2) is 6.61 Å². The van der Waals surface area contributed by atoms with Gasteiger partial charge in [-0.2, -0.15) is 0 Å². The molecule has 1 aliphatic rings. The predicted octanol–water partition coefficient (Wildman–Crippen LogP) is -0.151. The van der Waals surface area contributed by atoms with E-state index in [1.807, 2.05) is 5.43 Å². The van der Waals surface area contributed by atoms with Gasteiger partial charge >= 0.3 is 0 Å². The Hall–Kier alpha value is -3.74. The number of pyridine rings is 1. The fraction of sp³-hybridized carbons (Fsp3) is 0.263. The number of aromatic nitrogens is 1. The van der Waals surface area contributed by atoms with Gasteiger partial charge in [-0.15, -0.1) is 5.59 Å². The van der Waals surface area contributed by atoms with Gasteiger partial charge in [0.05, 0.1) is 5.56 Å². The summed E-state index contributed by atoms with van der Waals surface area (Å²) in [6, 6.07) is 9.70. The molecule has 0 saturated heterocycles. The quantitative estimate of drug-likeness (QED) is 0.210. The average Bonchev–Trinajstić information content (AvgIpc) is 3.60. The smallest absolute Gasteiger partial charge is 0.276 e. The van der Waals surface area contributed by atoms with Gasteiger partial charge in [-0.05, 0) is 37.1 Å². The molecule has 1 aliphatic carbocycles. The maximum absolute atomic E-state index is 12.5. The van der Waals surface area contributed by atoms with E-state index in [1.165, 1.54) is 18.0 Å². The number of hydrazine groups is 1. The minimum absolute atomic E-state index is 0.0859. The van der Waals surface area contributed by atoms with E-state index in [-0.39, 0.29) is 18.2 Å². The minimum atomic E-state index is -1.22. The molecule has 0 bridgehead atoms. The van der Waals surface area contributed by atoms with Gasteiger partial charge in [-0.3, -0.25) is 30.0 Å². The summed E-state index contributed by atoms with van der Waals surface area (Å²) in [6.45, 7) is -0.347. The molecule has 12 heteroatoms. The van der Waals surface area contributed by atoms with Crippen molar-refractivity contribution >= 4 is 23.4 Å². The van der Waals surface area contributed by atoms with Crippen LogP contribution in [0, 0.1) is 0 Å². The van der Waals surface area contributed by atoms with Crippen molar-refractivity contribution in [3.8, 4) is 5.75 Å². The molecule has 1 aromatic heterocycles. The van der Waals surface area contributed by atoms with E-state index in [1.54, 1.807) is 36.4 Å². The number of ether oxygens (including phenoxy) is 1. The number of carbonyl (C=O) groups is 3. The summed E-state index contributed by atoms with van der Waals surface area (Å²) in [5.41, 5.74) is 6.44. The summed E-state index contributed by atoms with van der Waals surface area (Å²) in [4.78, 5) is 45.3. The molecular weight excluding hydrogens is 408 g/mol. The molecule has 1 heterocycles. The van der Waals surface area contributed by atoms with E-state index in [0.717, 1.165) is 12.8 Å². The van der Waals surface area contributed by atoms with Gasteiger partial charge in [0.25, 0.3) is 17.7 Å². The van der Waals surface area contributed by atoms with Crippen molar-refractivity contribution in [1.82, 2.24) is 26.8 Å². The summed E-state index contributed by atoms with van der Waals surface area (Å²) in [7, 11) is 0. The molecule has 1 aromatic carbocycles. The first-order chi connectivity index (χ1) is 15.0. The van der Waals surface area contributed by atoms with Gasteiger partial charge in [-0.25, -0.2) is 10.3 Å². The number of hydroxylamine groups is 1. The second kappa shape index (κ2) is 10.9. The van der Waals surface area contributed by atoms with Crippen molar-refractivity contribution < 1.29 is 29.2 Å². The highest BCUT2D eigenvalue weighted by Crippen LogP contribution is 2.20. The first-order valence-corrected chi connectivity index (χ1v) is 9.39. The van der Waals surface area contributed by atoms with Crippen LogP contribution in [-0.2, 0) is 14.4 Å². The van der Waals surface area contributed by atoms with Crippen LogP contribution in [0.15, 0.2) is 48.8 Å². The van der Waals surface area contributed by atoms with Crippen LogP contribution >= 0.6 is 0 Å². The van der Waals surface area contributed by atoms with Gasteiger partial charge in [0.2, 0.25) is 6.23 Å². The van der Waals surface area contributed by atoms with Crippen molar-refractivity contribution in [3.63, 3.8) is 0 Å². The molecule has 3 amide bonds. The Morgan fingerprint density at radius 1 is 1.19 bits per heavy atom. The highest BCUT2D eigenvalue weighted by Gasteiger charge is 2.29. The summed E-state index contributed by atoms with van der Waals surface area (Å²) < 4.78 is 5.31. The molecule has 0 aliphatic heterocycles. The van der Waals surface area contributed by atoms with Crippen LogP contribution in [0.5, 0.6) is 5.75 Å². The number of carbonyl (C=O) groups excluding carboxylic acids is 3. The Morgan fingerprint density at radius 2 is 2.03 bits per heavy atom. The number of amides is 3. The third kappa shape index (κ3) is 7.22. The molecule has 31 heavy (non-hydrogen) atoms. The fourth-order valence-corrected chi connectivity index (χ4v) is 2.40. The maximum Gasteiger partial charge on any atom is 0.276 e. The lowest BCUT2D eigenvalue weighted by atomic mass is 10.3. The second-order valence-corrected chi connectivity index (χ2v) is 6.57. The molecule has 6 N–H and O–H groups in total. The van der Waals surface area contributed by atoms with Crippen molar-refractivity contribution in [2.45, 2.75) is 25.1 Å². The van der Waals surface area contributed by atoms with Crippen LogP contribution in [0.4, 0.5) is 5.69 Å². The number of rotatable bonds is 11. The first-order valence-electron chi connectivity index (χ1n) is 9.39. The monoisotopic (exact) mass is 430 g/mol. The fourth-order valence-electron chi connectivity index (χ4n) is 2.40. The zero-order valence-corrected chi connectivity index (χ0v) is 16.3. The number of nitrogens with one attached hydrogen (secondary N) is 5. The Bertz CT molecular complexity index is 908. The normalized spacial score (nSPS) is 13.6. The van der Waals surface area contributed by atoms with Crippen LogP contribution in [-0.4, -0.2) is 46.8 Å². The molecule has 3 rings (SSSR count). The number of anilines is 1. The number of hydrogen-bond acceptors (Lipinski definition) is 9. The Kier molecular flexibility index (Phi) is 7.70. The summed E-state index contributed by atoms with van der Waals surface area (Å²) in [6.07, 6.45) is 3.44. The lowest BCUT2D eigenvalue weighted by Gasteiger charge is -2.20. The lowest BCUT2D eigenvalue weighted by molar-refractivity contribution is -0.134. The summed E-state index contributed by atoms with van der Waals surface area (Å²) in [5.74, 6) is -1.27. The van der Waals surface area contributed by atoms with Gasteiger partial charge in [0.1, 0.15) is 5.75 Å². The van der Waals surface area contributed by atoms with E-state index in [0.29, 0.717) is 11.4 Å². The third-order valence-electron chi connectivity index (χ3n) is 4.05. The van der Waals surface area contributed by atoms with Crippen LogP contribution < -0.4 is 31.9 Å². The molecular formula is C19H22N6O6. The summed E-state index contributed by atoms with van der Waals surface area (Å²) in [5, 5.41) is 14.1. The molecule has 0 spiro atoms. The predicted molar refractivity (Wildman–Crippen MR) is 106 cm³/mol. The largest absolute Gasteiger partial charge is 0.484 e. The van der Waals surface area contributed by atoms with Gasteiger partial charge < -0.3 is 15.4 Å². The number of benzene rings is 1.